The summed E-state index contributed by atoms with van der Waals surface area (Å²) in [5, 5.41) is 13.9. The molecule has 6 nitrogen and oxygen atoms in total. The largest absolute Gasteiger partial charge is 0.496 e. The second-order valence-corrected chi connectivity index (χ2v) is 9.50. The summed E-state index contributed by atoms with van der Waals surface area (Å²) in [7, 11) is 3.11. The molecule has 0 aliphatic heterocycles. The fraction of sp³-hybridized carbons (Fsp3) is 0.138. The minimum Gasteiger partial charge on any atom is -0.496 e. The van der Waals surface area contributed by atoms with Gasteiger partial charge in [0.1, 0.15) is 22.6 Å². The van der Waals surface area contributed by atoms with Gasteiger partial charge in [-0.2, -0.15) is 5.26 Å². The quantitative estimate of drug-likeness (QED) is 0.247. The molecule has 0 saturated carbocycles. The van der Waals surface area contributed by atoms with Gasteiger partial charge in [0.25, 0.3) is 0 Å². The molecule has 0 aliphatic rings. The summed E-state index contributed by atoms with van der Waals surface area (Å²) in [6.07, 6.45) is 0. The van der Waals surface area contributed by atoms with Crippen molar-refractivity contribution < 1.29 is 14.3 Å². The molecule has 0 bridgehead atoms. The van der Waals surface area contributed by atoms with E-state index in [4.69, 9.17) is 26.1 Å². The van der Waals surface area contributed by atoms with Crippen LogP contribution < -0.4 is 14.8 Å². The van der Waals surface area contributed by atoms with Crippen LogP contribution in [0.25, 0.3) is 22.4 Å². The van der Waals surface area contributed by atoms with E-state index in [1.165, 1.54) is 18.9 Å². The molecule has 0 radical (unpaired) electrons. The van der Waals surface area contributed by atoms with Crippen LogP contribution in [0.3, 0.4) is 0 Å². The monoisotopic (exact) mass is 529 g/mol. The summed E-state index contributed by atoms with van der Waals surface area (Å²) in [6, 6.07) is 24.7. The minimum atomic E-state index is -0.282. The van der Waals surface area contributed by atoms with Crippen molar-refractivity contribution in [2.45, 2.75) is 11.9 Å². The molecule has 0 saturated heterocycles. The fourth-order valence-electron chi connectivity index (χ4n) is 3.78. The first-order valence-corrected chi connectivity index (χ1v) is 12.7. The van der Waals surface area contributed by atoms with Gasteiger partial charge in [-0.25, -0.2) is 4.98 Å². The zero-order valence-corrected chi connectivity index (χ0v) is 22.1. The predicted molar refractivity (Wildman–Crippen MR) is 148 cm³/mol. The van der Waals surface area contributed by atoms with Gasteiger partial charge in [-0.15, -0.1) is 0 Å². The van der Waals surface area contributed by atoms with Crippen LogP contribution >= 0.6 is 23.4 Å². The highest BCUT2D eigenvalue weighted by atomic mass is 35.5. The maximum atomic E-state index is 12.9. The van der Waals surface area contributed by atoms with Crippen LogP contribution in [0.5, 0.6) is 11.5 Å². The van der Waals surface area contributed by atoms with Gasteiger partial charge >= 0.3 is 0 Å². The number of aryl methyl sites for hydroxylation is 1. The number of rotatable bonds is 8. The third-order valence-electron chi connectivity index (χ3n) is 5.62. The highest BCUT2D eigenvalue weighted by Gasteiger charge is 2.19. The smallest absolute Gasteiger partial charge is 0.234 e. The Morgan fingerprint density at radius 2 is 1.73 bits per heavy atom. The summed E-state index contributed by atoms with van der Waals surface area (Å²) in [5.74, 6) is 0.885. The van der Waals surface area contributed by atoms with Crippen molar-refractivity contribution in [2.24, 2.45) is 0 Å². The number of hydrogen-bond acceptors (Lipinski definition) is 6. The molecule has 0 spiro atoms. The maximum Gasteiger partial charge on any atom is 0.234 e. The average molecular weight is 530 g/mol. The summed E-state index contributed by atoms with van der Waals surface area (Å²) < 4.78 is 10.9. The number of nitriles is 1. The Morgan fingerprint density at radius 3 is 2.43 bits per heavy atom. The maximum absolute atomic E-state index is 12.9. The van der Waals surface area contributed by atoms with Gasteiger partial charge in [-0.1, -0.05) is 71.4 Å². The summed E-state index contributed by atoms with van der Waals surface area (Å²) in [5.41, 5.74) is 5.03. The number of pyridine rings is 1. The lowest BCUT2D eigenvalue weighted by atomic mass is 9.98. The van der Waals surface area contributed by atoms with Crippen LogP contribution in [-0.4, -0.2) is 30.9 Å². The molecule has 1 aromatic heterocycles. The zero-order valence-electron chi connectivity index (χ0n) is 20.5. The van der Waals surface area contributed by atoms with E-state index in [9.17, 15) is 10.1 Å². The van der Waals surface area contributed by atoms with Crippen LogP contribution in [0.1, 0.15) is 11.1 Å². The number of hydrogen-bond donors (Lipinski definition) is 1. The van der Waals surface area contributed by atoms with Gasteiger partial charge in [-0.05, 0) is 37.3 Å². The van der Waals surface area contributed by atoms with Crippen molar-refractivity contribution in [3.05, 3.63) is 88.9 Å². The topological polar surface area (TPSA) is 84.2 Å². The highest BCUT2D eigenvalue weighted by molar-refractivity contribution is 8.00. The van der Waals surface area contributed by atoms with Gasteiger partial charge in [0.15, 0.2) is 0 Å². The number of benzene rings is 3. The normalized spacial score (nSPS) is 10.5. The number of halogens is 1. The van der Waals surface area contributed by atoms with Crippen LogP contribution in [0, 0.1) is 18.3 Å². The number of thioether (sulfide) groups is 1. The molecule has 186 valence electrons. The molecule has 1 N–H and O–H groups in total. The molecule has 0 atom stereocenters. The van der Waals surface area contributed by atoms with Crippen molar-refractivity contribution in [3.63, 3.8) is 0 Å². The van der Waals surface area contributed by atoms with Crippen LogP contribution in [-0.2, 0) is 4.79 Å². The number of carbonyl (C=O) groups excluding carboxylic acids is 1. The lowest BCUT2D eigenvalue weighted by Gasteiger charge is -2.15. The van der Waals surface area contributed by atoms with Crippen molar-refractivity contribution in [3.8, 4) is 40.0 Å². The molecule has 0 aliphatic carbocycles. The summed E-state index contributed by atoms with van der Waals surface area (Å²) >= 11 is 7.28. The number of anilines is 1. The van der Waals surface area contributed by atoms with Crippen LogP contribution in [0.2, 0.25) is 5.02 Å². The Morgan fingerprint density at radius 1 is 1.00 bits per heavy atom. The molecule has 8 heteroatoms. The molecule has 37 heavy (non-hydrogen) atoms. The van der Waals surface area contributed by atoms with E-state index >= 15 is 0 Å². The standard InChI is InChI=1S/C29H24ClN3O3S/c1-18-8-10-19(11-9-18)24-15-22(21-6-4-5-7-26(21)35-2)23(16-31)29(33-24)37-17-28(34)32-25-14-20(30)12-13-27(25)36-3/h4-15H,17H2,1-3H3,(H,32,34). The first-order chi connectivity index (χ1) is 17.9. The Bertz CT molecular complexity index is 1480. The number of nitrogens with zero attached hydrogens (tertiary/aromatic N) is 2. The Hall–Kier alpha value is -3.99. The second kappa shape index (κ2) is 11.8. The van der Waals surface area contributed by atoms with Gasteiger partial charge < -0.3 is 14.8 Å². The number of amides is 1. The molecule has 4 aromatic rings. The first-order valence-electron chi connectivity index (χ1n) is 11.3. The van der Waals surface area contributed by atoms with E-state index in [2.05, 4.69) is 11.4 Å². The SMILES string of the molecule is COc1ccc(Cl)cc1NC(=O)CSc1nc(-c2ccc(C)cc2)cc(-c2ccccc2OC)c1C#N. The number of methoxy groups -OCH3 is 2. The van der Waals surface area contributed by atoms with Crippen molar-refractivity contribution in [1.82, 2.24) is 4.98 Å². The van der Waals surface area contributed by atoms with Gasteiger partial charge in [0, 0.05) is 21.7 Å². The first kappa shape index (κ1) is 26.1. The zero-order chi connectivity index (χ0) is 26.4. The molecule has 3 aromatic carbocycles. The van der Waals surface area contributed by atoms with E-state index < -0.39 is 0 Å². The summed E-state index contributed by atoms with van der Waals surface area (Å²) in [6.45, 7) is 2.02. The van der Waals surface area contributed by atoms with E-state index in [0.29, 0.717) is 44.1 Å². The molecule has 1 heterocycles. The van der Waals surface area contributed by atoms with E-state index in [1.807, 2.05) is 61.5 Å². The van der Waals surface area contributed by atoms with Crippen LogP contribution in [0.4, 0.5) is 5.69 Å². The number of carbonyl (C=O) groups is 1. The van der Waals surface area contributed by atoms with Gasteiger partial charge in [-0.3, -0.25) is 4.79 Å². The molecular formula is C29H24ClN3O3S. The van der Waals surface area contributed by atoms with Gasteiger partial charge in [0.05, 0.1) is 36.9 Å². The summed E-state index contributed by atoms with van der Waals surface area (Å²) in [4.78, 5) is 17.6. The molecule has 0 fully saturated rings. The predicted octanol–water partition coefficient (Wildman–Crippen LogP) is 7.00. The van der Waals surface area contributed by atoms with E-state index in [1.54, 1.807) is 25.3 Å². The number of nitrogens with one attached hydrogen (secondary N) is 1. The lowest BCUT2D eigenvalue weighted by molar-refractivity contribution is -0.113. The Kier molecular flexibility index (Phi) is 8.34. The highest BCUT2D eigenvalue weighted by Crippen LogP contribution is 2.38. The molecule has 1 amide bonds. The van der Waals surface area contributed by atoms with Crippen LogP contribution in [0.15, 0.2) is 77.8 Å². The second-order valence-electron chi connectivity index (χ2n) is 8.09. The molecular weight excluding hydrogens is 506 g/mol. The minimum absolute atomic E-state index is 0.0278. The Labute approximate surface area is 225 Å². The number of ether oxygens (including phenoxy) is 2. The third-order valence-corrected chi connectivity index (χ3v) is 6.83. The van der Waals surface area contributed by atoms with E-state index in [0.717, 1.165) is 16.7 Å². The molecule has 4 rings (SSSR count). The lowest BCUT2D eigenvalue weighted by Crippen LogP contribution is -2.15. The average Bonchev–Trinajstić information content (AvgIpc) is 2.92. The van der Waals surface area contributed by atoms with Crippen molar-refractivity contribution in [1.29, 1.82) is 5.26 Å². The van der Waals surface area contributed by atoms with Crippen molar-refractivity contribution >= 4 is 35.0 Å². The Balaban J connectivity index is 1.72. The third kappa shape index (κ3) is 6.05. The van der Waals surface area contributed by atoms with E-state index in [-0.39, 0.29) is 11.7 Å². The molecule has 0 unspecified atom stereocenters. The van der Waals surface area contributed by atoms with Gasteiger partial charge in [0.2, 0.25) is 5.91 Å². The number of para-hydroxylation sites is 1. The van der Waals surface area contributed by atoms with Crippen molar-refractivity contribution in [2.75, 3.05) is 25.3 Å². The number of aromatic nitrogens is 1. The fourth-order valence-corrected chi connectivity index (χ4v) is 4.76.